The molecule has 2 unspecified atom stereocenters. The van der Waals surface area contributed by atoms with Gasteiger partial charge in [-0.15, -0.1) is 11.3 Å². The van der Waals surface area contributed by atoms with Gasteiger partial charge in [0.05, 0.1) is 12.1 Å². The number of nitrogens with one attached hydrogen (secondary N) is 1. The Morgan fingerprint density at radius 3 is 2.75 bits per heavy atom. The molecule has 2 heterocycles. The van der Waals surface area contributed by atoms with Gasteiger partial charge in [-0.3, -0.25) is 14.6 Å². The second-order valence-electron chi connectivity index (χ2n) is 5.55. The van der Waals surface area contributed by atoms with E-state index < -0.39 is 6.04 Å². The molecule has 0 aromatic carbocycles. The minimum Gasteiger partial charge on any atom is -0.342 e. The minimum absolute atomic E-state index is 0.0264. The normalized spacial score (nSPS) is 23.3. The Labute approximate surface area is 123 Å². The Morgan fingerprint density at radius 2 is 2.20 bits per heavy atom. The van der Waals surface area contributed by atoms with Crippen molar-refractivity contribution in [3.63, 3.8) is 0 Å². The maximum atomic E-state index is 12.6. The highest BCUT2D eigenvalue weighted by Crippen LogP contribution is 2.21. The van der Waals surface area contributed by atoms with Gasteiger partial charge >= 0.3 is 0 Å². The molecule has 2 amide bonds. The zero-order valence-corrected chi connectivity index (χ0v) is 12.9. The lowest BCUT2D eigenvalue weighted by atomic mass is 9.97. The number of piperazine rings is 1. The third-order valence-electron chi connectivity index (χ3n) is 3.48. The van der Waals surface area contributed by atoms with Crippen LogP contribution >= 0.6 is 11.3 Å². The summed E-state index contributed by atoms with van der Waals surface area (Å²) < 4.78 is 0. The van der Waals surface area contributed by atoms with E-state index in [9.17, 15) is 9.59 Å². The Balaban J connectivity index is 2.18. The van der Waals surface area contributed by atoms with E-state index in [-0.39, 0.29) is 17.9 Å². The Morgan fingerprint density at radius 1 is 1.45 bits per heavy atom. The van der Waals surface area contributed by atoms with Crippen molar-refractivity contribution >= 4 is 23.2 Å². The van der Waals surface area contributed by atoms with Gasteiger partial charge < -0.3 is 10.2 Å². The van der Waals surface area contributed by atoms with Gasteiger partial charge in [0.1, 0.15) is 12.1 Å². The highest BCUT2D eigenvalue weighted by molar-refractivity contribution is 7.09. The quantitative estimate of drug-likeness (QED) is 0.901. The van der Waals surface area contributed by atoms with Gasteiger partial charge in [-0.25, -0.2) is 0 Å². The van der Waals surface area contributed by atoms with Crippen LogP contribution in [0.2, 0.25) is 0 Å². The minimum atomic E-state index is -0.391. The zero-order valence-electron chi connectivity index (χ0n) is 12.1. The molecular formula is C14H21N3O2S. The van der Waals surface area contributed by atoms with E-state index >= 15 is 0 Å². The maximum Gasteiger partial charge on any atom is 0.246 e. The van der Waals surface area contributed by atoms with Crippen molar-refractivity contribution in [1.29, 1.82) is 0 Å². The first-order chi connectivity index (χ1) is 9.52. The molecule has 20 heavy (non-hydrogen) atoms. The van der Waals surface area contributed by atoms with E-state index in [1.807, 2.05) is 6.92 Å². The summed E-state index contributed by atoms with van der Waals surface area (Å²) >= 11 is 1.51. The molecule has 2 rings (SSSR count). The first-order valence-corrected chi connectivity index (χ1v) is 7.89. The van der Waals surface area contributed by atoms with E-state index in [1.165, 1.54) is 11.3 Å². The molecule has 2 atom stereocenters. The van der Waals surface area contributed by atoms with Crippen LogP contribution in [0.25, 0.3) is 0 Å². The molecule has 0 aliphatic carbocycles. The highest BCUT2D eigenvalue weighted by Gasteiger charge is 2.39. The summed E-state index contributed by atoms with van der Waals surface area (Å²) in [4.78, 5) is 31.5. The van der Waals surface area contributed by atoms with Gasteiger partial charge in [0.2, 0.25) is 11.8 Å². The summed E-state index contributed by atoms with van der Waals surface area (Å²) in [6.07, 6.45) is 3.07. The van der Waals surface area contributed by atoms with Crippen LogP contribution in [0, 0.1) is 5.92 Å². The lowest BCUT2D eigenvalue weighted by Gasteiger charge is -2.38. The number of hydrogen-bond donors (Lipinski definition) is 1. The number of amides is 2. The van der Waals surface area contributed by atoms with E-state index in [0.717, 1.165) is 4.88 Å². The fourth-order valence-electron chi connectivity index (χ4n) is 2.54. The summed E-state index contributed by atoms with van der Waals surface area (Å²) in [6, 6.07) is -0.758. The predicted octanol–water partition coefficient (Wildman–Crippen LogP) is 1.79. The van der Waals surface area contributed by atoms with Crippen molar-refractivity contribution in [1.82, 2.24) is 15.2 Å². The molecule has 5 nitrogen and oxygen atoms in total. The van der Waals surface area contributed by atoms with Crippen molar-refractivity contribution in [2.75, 3.05) is 0 Å². The Hall–Kier alpha value is -1.43. The molecule has 1 aliphatic rings. The number of carbonyl (C=O) groups is 2. The molecule has 1 aromatic heterocycles. The average molecular weight is 295 g/mol. The zero-order chi connectivity index (χ0) is 14.7. The molecule has 1 fully saturated rings. The van der Waals surface area contributed by atoms with Gasteiger partial charge in [-0.2, -0.15) is 0 Å². The van der Waals surface area contributed by atoms with Crippen LogP contribution in [-0.4, -0.2) is 33.8 Å². The second kappa shape index (κ2) is 6.35. The number of aromatic nitrogens is 1. The van der Waals surface area contributed by atoms with Crippen molar-refractivity contribution in [2.24, 2.45) is 5.92 Å². The summed E-state index contributed by atoms with van der Waals surface area (Å²) in [7, 11) is 0. The molecule has 0 spiro atoms. The van der Waals surface area contributed by atoms with Crippen LogP contribution in [-0.2, 0) is 16.1 Å². The van der Waals surface area contributed by atoms with Crippen molar-refractivity contribution < 1.29 is 9.59 Å². The van der Waals surface area contributed by atoms with Crippen LogP contribution in [0.5, 0.6) is 0 Å². The lowest BCUT2D eigenvalue weighted by Crippen LogP contribution is -2.62. The Kier molecular flexibility index (Phi) is 4.75. The molecule has 1 N–H and O–H groups in total. The van der Waals surface area contributed by atoms with E-state index in [1.54, 1.807) is 16.6 Å². The van der Waals surface area contributed by atoms with Crippen LogP contribution < -0.4 is 5.32 Å². The SMILES string of the molecule is CCC1C(=O)NC(CC(C)C)C(=O)N1Cc1cncs1. The largest absolute Gasteiger partial charge is 0.342 e. The van der Waals surface area contributed by atoms with Gasteiger partial charge in [0.15, 0.2) is 0 Å². The molecule has 110 valence electrons. The predicted molar refractivity (Wildman–Crippen MR) is 78.1 cm³/mol. The van der Waals surface area contributed by atoms with E-state index in [4.69, 9.17) is 0 Å². The number of rotatable bonds is 5. The highest BCUT2D eigenvalue weighted by atomic mass is 32.1. The fraction of sp³-hybridized carbons (Fsp3) is 0.643. The van der Waals surface area contributed by atoms with E-state index in [0.29, 0.717) is 25.3 Å². The van der Waals surface area contributed by atoms with Crippen LogP contribution in [0.3, 0.4) is 0 Å². The number of thiazole rings is 1. The summed E-state index contributed by atoms with van der Waals surface area (Å²) in [5.41, 5.74) is 1.75. The summed E-state index contributed by atoms with van der Waals surface area (Å²) in [6.45, 7) is 6.52. The standard InChI is InChI=1S/C14H21N3O2S/c1-4-12-13(18)16-11(5-9(2)3)14(19)17(12)7-10-6-15-8-20-10/h6,8-9,11-12H,4-5,7H2,1-3H3,(H,16,18). The summed E-state index contributed by atoms with van der Waals surface area (Å²) in [5.74, 6) is 0.355. The molecule has 1 aliphatic heterocycles. The van der Waals surface area contributed by atoms with Crippen LogP contribution in [0.15, 0.2) is 11.7 Å². The van der Waals surface area contributed by atoms with Crippen molar-refractivity contribution in [3.05, 3.63) is 16.6 Å². The third-order valence-corrected chi connectivity index (χ3v) is 4.24. The third kappa shape index (κ3) is 3.17. The molecule has 1 saturated heterocycles. The monoisotopic (exact) mass is 295 g/mol. The average Bonchev–Trinajstić information content (AvgIpc) is 2.88. The van der Waals surface area contributed by atoms with Crippen LogP contribution in [0.1, 0.15) is 38.5 Å². The van der Waals surface area contributed by atoms with Gasteiger partial charge in [0.25, 0.3) is 0 Å². The molecule has 1 aromatic rings. The van der Waals surface area contributed by atoms with Gasteiger partial charge in [0, 0.05) is 11.1 Å². The fourth-order valence-corrected chi connectivity index (χ4v) is 3.13. The Bertz CT molecular complexity index is 473. The molecule has 0 saturated carbocycles. The van der Waals surface area contributed by atoms with Gasteiger partial charge in [-0.1, -0.05) is 20.8 Å². The van der Waals surface area contributed by atoms with Gasteiger partial charge in [-0.05, 0) is 18.8 Å². The van der Waals surface area contributed by atoms with Crippen LogP contribution in [0.4, 0.5) is 0 Å². The number of carbonyl (C=O) groups excluding carboxylic acids is 2. The molecular weight excluding hydrogens is 274 g/mol. The smallest absolute Gasteiger partial charge is 0.246 e. The number of nitrogens with zero attached hydrogens (tertiary/aromatic N) is 2. The first-order valence-electron chi connectivity index (χ1n) is 7.01. The van der Waals surface area contributed by atoms with Crippen molar-refractivity contribution in [3.8, 4) is 0 Å². The topological polar surface area (TPSA) is 62.3 Å². The molecule has 0 bridgehead atoms. The molecule has 0 radical (unpaired) electrons. The molecule has 6 heteroatoms. The second-order valence-corrected chi connectivity index (χ2v) is 6.52. The van der Waals surface area contributed by atoms with Crippen molar-refractivity contribution in [2.45, 2.75) is 52.2 Å². The summed E-state index contributed by atoms with van der Waals surface area (Å²) in [5, 5.41) is 2.87. The maximum absolute atomic E-state index is 12.6. The first kappa shape index (κ1) is 15.0. The van der Waals surface area contributed by atoms with E-state index in [2.05, 4.69) is 24.1 Å². The number of hydrogen-bond acceptors (Lipinski definition) is 4. The lowest BCUT2D eigenvalue weighted by molar-refractivity contribution is -0.150.